The lowest BCUT2D eigenvalue weighted by atomic mass is 10.1. The van der Waals surface area contributed by atoms with E-state index in [2.05, 4.69) is 32.0 Å². The highest BCUT2D eigenvalue weighted by molar-refractivity contribution is 5.66. The zero-order valence-corrected chi connectivity index (χ0v) is 15.2. The first-order chi connectivity index (χ1) is 12.8. The zero-order valence-electron chi connectivity index (χ0n) is 15.2. The molecule has 2 aromatic rings. The van der Waals surface area contributed by atoms with Crippen LogP contribution in [0.25, 0.3) is 6.08 Å². The number of hydrogen-bond donors (Lipinski definition) is 0. The summed E-state index contributed by atoms with van der Waals surface area (Å²) in [5.74, 6) is 1.66. The van der Waals surface area contributed by atoms with Crippen molar-refractivity contribution in [1.29, 1.82) is 0 Å². The molecule has 4 rings (SSSR count). The van der Waals surface area contributed by atoms with E-state index in [1.165, 1.54) is 5.57 Å². The third-order valence-electron chi connectivity index (χ3n) is 4.99. The van der Waals surface area contributed by atoms with Crippen molar-refractivity contribution in [2.75, 3.05) is 53.0 Å². The first-order valence-corrected chi connectivity index (χ1v) is 9.08. The quantitative estimate of drug-likeness (QED) is 0.780. The van der Waals surface area contributed by atoms with Crippen LogP contribution in [0.1, 0.15) is 5.56 Å². The molecular formula is C19H25N5O2. The number of ether oxygens (including phenoxy) is 2. The highest BCUT2D eigenvalue weighted by Crippen LogP contribution is 2.35. The molecule has 2 aliphatic heterocycles. The van der Waals surface area contributed by atoms with Crippen LogP contribution in [0.5, 0.6) is 11.5 Å². The second-order valence-electron chi connectivity index (χ2n) is 6.75. The van der Waals surface area contributed by atoms with Gasteiger partial charge in [0.2, 0.25) is 0 Å². The van der Waals surface area contributed by atoms with Gasteiger partial charge in [-0.05, 0) is 17.7 Å². The number of rotatable bonds is 6. The largest absolute Gasteiger partial charge is 0.493 e. The molecule has 0 radical (unpaired) electrons. The first kappa shape index (κ1) is 17.1. The van der Waals surface area contributed by atoms with E-state index in [4.69, 9.17) is 9.47 Å². The standard InChI is InChI=1S/C19H25N5O2/c1-25-18-4-2-3-17-11-16(13-26-19(17)18)12-23-7-5-22(6-8-23)9-10-24-15-20-14-21-24/h2-4,11,14-15H,5-10,12-13H2,1H3. The first-order valence-electron chi connectivity index (χ1n) is 9.08. The smallest absolute Gasteiger partial charge is 0.168 e. The van der Waals surface area contributed by atoms with Crippen molar-refractivity contribution in [2.45, 2.75) is 6.54 Å². The maximum Gasteiger partial charge on any atom is 0.168 e. The molecule has 26 heavy (non-hydrogen) atoms. The summed E-state index contributed by atoms with van der Waals surface area (Å²) in [5.41, 5.74) is 2.43. The fourth-order valence-corrected chi connectivity index (χ4v) is 3.53. The van der Waals surface area contributed by atoms with Gasteiger partial charge in [0.05, 0.1) is 13.7 Å². The Bertz CT molecular complexity index is 751. The van der Waals surface area contributed by atoms with Crippen LogP contribution >= 0.6 is 0 Å². The van der Waals surface area contributed by atoms with Gasteiger partial charge in [0, 0.05) is 44.8 Å². The number of methoxy groups -OCH3 is 1. The Morgan fingerprint density at radius 1 is 1.12 bits per heavy atom. The molecule has 7 heteroatoms. The van der Waals surface area contributed by atoms with Gasteiger partial charge >= 0.3 is 0 Å². The van der Waals surface area contributed by atoms with Crippen molar-refractivity contribution in [2.24, 2.45) is 0 Å². The lowest BCUT2D eigenvalue weighted by Crippen LogP contribution is -2.47. The van der Waals surface area contributed by atoms with Crippen LogP contribution in [-0.4, -0.2) is 77.5 Å². The van der Waals surface area contributed by atoms with E-state index in [9.17, 15) is 0 Å². The summed E-state index contributed by atoms with van der Waals surface area (Å²) in [6.45, 7) is 7.88. The molecule has 0 bridgehead atoms. The van der Waals surface area contributed by atoms with Crippen LogP contribution in [0.4, 0.5) is 0 Å². The molecule has 3 heterocycles. The van der Waals surface area contributed by atoms with Gasteiger partial charge in [-0.15, -0.1) is 0 Å². The summed E-state index contributed by atoms with van der Waals surface area (Å²) in [4.78, 5) is 8.99. The fourth-order valence-electron chi connectivity index (χ4n) is 3.53. The molecule has 0 N–H and O–H groups in total. The minimum atomic E-state index is 0.639. The number of benzene rings is 1. The Hall–Kier alpha value is -2.38. The number of aromatic nitrogens is 3. The summed E-state index contributed by atoms with van der Waals surface area (Å²) in [7, 11) is 1.68. The van der Waals surface area contributed by atoms with Crippen molar-refractivity contribution < 1.29 is 9.47 Å². The number of hydrogen-bond acceptors (Lipinski definition) is 6. The SMILES string of the molecule is COc1cccc2c1OCC(CN1CCN(CCn3cncn3)CC1)=C2. The van der Waals surface area contributed by atoms with Gasteiger partial charge in [-0.2, -0.15) is 5.10 Å². The molecule has 1 fully saturated rings. The third-order valence-corrected chi connectivity index (χ3v) is 4.99. The molecular weight excluding hydrogens is 330 g/mol. The molecule has 1 aromatic heterocycles. The third kappa shape index (κ3) is 3.89. The number of nitrogens with zero attached hydrogens (tertiary/aromatic N) is 5. The molecule has 0 saturated carbocycles. The Morgan fingerprint density at radius 3 is 2.73 bits per heavy atom. The molecule has 0 aliphatic carbocycles. The average molecular weight is 355 g/mol. The maximum atomic E-state index is 5.95. The van der Waals surface area contributed by atoms with Crippen molar-refractivity contribution in [3.8, 4) is 11.5 Å². The summed E-state index contributed by atoms with van der Waals surface area (Å²) in [5, 5.41) is 4.16. The molecule has 1 saturated heterocycles. The van der Waals surface area contributed by atoms with Crippen LogP contribution < -0.4 is 9.47 Å². The van der Waals surface area contributed by atoms with Gasteiger partial charge < -0.3 is 9.47 Å². The highest BCUT2D eigenvalue weighted by atomic mass is 16.5. The normalized spacial score (nSPS) is 18.1. The van der Waals surface area contributed by atoms with E-state index in [1.54, 1.807) is 19.8 Å². The van der Waals surface area contributed by atoms with E-state index in [-0.39, 0.29) is 0 Å². The number of fused-ring (bicyclic) bond motifs is 1. The molecule has 0 amide bonds. The van der Waals surface area contributed by atoms with Crippen LogP contribution in [0.15, 0.2) is 36.4 Å². The van der Waals surface area contributed by atoms with Gasteiger partial charge in [-0.25, -0.2) is 4.98 Å². The Balaban J connectivity index is 1.28. The molecule has 7 nitrogen and oxygen atoms in total. The second-order valence-corrected chi connectivity index (χ2v) is 6.75. The van der Waals surface area contributed by atoms with Gasteiger partial charge in [-0.1, -0.05) is 12.1 Å². The topological polar surface area (TPSA) is 55.7 Å². The van der Waals surface area contributed by atoms with E-state index in [1.807, 2.05) is 16.8 Å². The van der Waals surface area contributed by atoms with E-state index in [0.29, 0.717) is 6.61 Å². The maximum absolute atomic E-state index is 5.95. The van der Waals surface area contributed by atoms with Crippen molar-refractivity contribution in [3.05, 3.63) is 42.0 Å². The molecule has 138 valence electrons. The van der Waals surface area contributed by atoms with E-state index >= 15 is 0 Å². The zero-order chi connectivity index (χ0) is 17.8. The Kier molecular flexibility index (Phi) is 5.17. The minimum absolute atomic E-state index is 0.639. The lowest BCUT2D eigenvalue weighted by molar-refractivity contribution is 0.133. The lowest BCUT2D eigenvalue weighted by Gasteiger charge is -2.35. The second kappa shape index (κ2) is 7.88. The van der Waals surface area contributed by atoms with Crippen LogP contribution in [0.3, 0.4) is 0 Å². The summed E-state index contributed by atoms with van der Waals surface area (Å²) in [6.07, 6.45) is 5.61. The van der Waals surface area contributed by atoms with E-state index in [0.717, 1.165) is 62.9 Å². The van der Waals surface area contributed by atoms with Crippen LogP contribution in [-0.2, 0) is 6.54 Å². The highest BCUT2D eigenvalue weighted by Gasteiger charge is 2.20. The van der Waals surface area contributed by atoms with Gasteiger partial charge in [0.15, 0.2) is 11.5 Å². The molecule has 0 spiro atoms. The van der Waals surface area contributed by atoms with Crippen molar-refractivity contribution in [3.63, 3.8) is 0 Å². The van der Waals surface area contributed by atoms with Gasteiger partial charge in [-0.3, -0.25) is 14.5 Å². The van der Waals surface area contributed by atoms with E-state index < -0.39 is 0 Å². The molecule has 1 aromatic carbocycles. The predicted molar refractivity (Wildman–Crippen MR) is 99.4 cm³/mol. The molecule has 0 atom stereocenters. The summed E-state index contributed by atoms with van der Waals surface area (Å²) < 4.78 is 13.2. The van der Waals surface area contributed by atoms with Crippen molar-refractivity contribution in [1.82, 2.24) is 24.6 Å². The average Bonchev–Trinajstić information content (AvgIpc) is 3.20. The van der Waals surface area contributed by atoms with Crippen molar-refractivity contribution >= 4 is 6.08 Å². The monoisotopic (exact) mass is 355 g/mol. The molecule has 2 aliphatic rings. The minimum Gasteiger partial charge on any atom is -0.493 e. The summed E-state index contributed by atoms with van der Waals surface area (Å²) in [6, 6.07) is 6.03. The van der Waals surface area contributed by atoms with Gasteiger partial charge in [0.1, 0.15) is 19.3 Å². The fraction of sp³-hybridized carbons (Fsp3) is 0.474. The Labute approximate surface area is 153 Å². The molecule has 0 unspecified atom stereocenters. The number of para-hydroxylation sites is 1. The predicted octanol–water partition coefficient (Wildman–Crippen LogP) is 1.38. The van der Waals surface area contributed by atoms with Crippen LogP contribution in [0.2, 0.25) is 0 Å². The summed E-state index contributed by atoms with van der Waals surface area (Å²) >= 11 is 0. The van der Waals surface area contributed by atoms with Crippen LogP contribution in [0, 0.1) is 0 Å². The van der Waals surface area contributed by atoms with Gasteiger partial charge in [0.25, 0.3) is 0 Å². The Morgan fingerprint density at radius 2 is 1.96 bits per heavy atom. The number of piperazine rings is 1.